The monoisotopic (exact) mass is 422 g/mol. The maximum absolute atomic E-state index is 12.8. The molecular weight excluding hydrogens is 400 g/mol. The van der Waals surface area contributed by atoms with E-state index >= 15 is 0 Å². The lowest BCUT2D eigenvalue weighted by Crippen LogP contribution is -2.36. The lowest BCUT2D eigenvalue weighted by Gasteiger charge is -2.21. The molecule has 3 aromatic rings. The number of carboxylic acids is 1. The minimum absolute atomic E-state index is 0.0665. The Morgan fingerprint density at radius 1 is 1.10 bits per heavy atom. The molecular formula is C23H22N2O4S. The van der Waals surface area contributed by atoms with Gasteiger partial charge in [0.05, 0.1) is 11.6 Å². The van der Waals surface area contributed by atoms with Crippen LogP contribution in [0.2, 0.25) is 0 Å². The molecule has 0 saturated heterocycles. The van der Waals surface area contributed by atoms with E-state index in [0.717, 1.165) is 38.6 Å². The van der Waals surface area contributed by atoms with Gasteiger partial charge in [-0.2, -0.15) is 0 Å². The van der Waals surface area contributed by atoms with Gasteiger partial charge in [-0.15, -0.1) is 11.3 Å². The van der Waals surface area contributed by atoms with E-state index < -0.39 is 18.6 Å². The number of rotatable bonds is 7. The van der Waals surface area contributed by atoms with E-state index in [-0.39, 0.29) is 19.1 Å². The first-order chi connectivity index (χ1) is 14.6. The molecule has 6 nitrogen and oxygen atoms in total. The molecule has 1 heterocycles. The molecule has 1 N–H and O–H groups in total. The van der Waals surface area contributed by atoms with Crippen LogP contribution in [0.25, 0.3) is 11.1 Å². The van der Waals surface area contributed by atoms with E-state index in [2.05, 4.69) is 17.1 Å². The van der Waals surface area contributed by atoms with E-state index in [1.54, 1.807) is 6.20 Å². The Labute approximate surface area is 178 Å². The molecule has 0 aliphatic heterocycles. The number of carboxylic acid groups (broad SMARTS) is 1. The zero-order chi connectivity index (χ0) is 21.1. The minimum Gasteiger partial charge on any atom is -0.480 e. The third-order valence-electron chi connectivity index (χ3n) is 5.17. The fourth-order valence-corrected chi connectivity index (χ4v) is 4.68. The molecule has 154 valence electrons. The van der Waals surface area contributed by atoms with E-state index in [4.69, 9.17) is 4.74 Å². The molecule has 0 fully saturated rings. The Bertz CT molecular complexity index is 1030. The van der Waals surface area contributed by atoms with Crippen LogP contribution < -0.4 is 0 Å². The van der Waals surface area contributed by atoms with Crippen molar-refractivity contribution in [1.82, 2.24) is 9.88 Å². The average molecular weight is 423 g/mol. The fourth-order valence-electron chi connectivity index (χ4n) is 3.81. The van der Waals surface area contributed by atoms with E-state index in [9.17, 15) is 14.7 Å². The molecule has 0 atom stereocenters. The summed E-state index contributed by atoms with van der Waals surface area (Å²) in [6.45, 7) is 1.91. The molecule has 0 radical (unpaired) electrons. The third kappa shape index (κ3) is 4.07. The zero-order valence-corrected chi connectivity index (χ0v) is 17.4. The number of nitrogens with zero attached hydrogens (tertiary/aromatic N) is 2. The van der Waals surface area contributed by atoms with Crippen molar-refractivity contribution in [1.29, 1.82) is 0 Å². The van der Waals surface area contributed by atoms with Crippen LogP contribution in [-0.4, -0.2) is 40.2 Å². The molecule has 1 amide bonds. The highest BCUT2D eigenvalue weighted by molar-refractivity contribution is 7.11. The summed E-state index contributed by atoms with van der Waals surface area (Å²) in [7, 11) is 0. The second-order valence-electron chi connectivity index (χ2n) is 7.13. The summed E-state index contributed by atoms with van der Waals surface area (Å²) >= 11 is 1.48. The van der Waals surface area contributed by atoms with Gasteiger partial charge in [-0.1, -0.05) is 55.5 Å². The summed E-state index contributed by atoms with van der Waals surface area (Å²) in [4.78, 5) is 30.4. The van der Waals surface area contributed by atoms with Crippen molar-refractivity contribution in [3.8, 4) is 11.1 Å². The highest BCUT2D eigenvalue weighted by Crippen LogP contribution is 2.44. The van der Waals surface area contributed by atoms with Gasteiger partial charge in [0.25, 0.3) is 0 Å². The summed E-state index contributed by atoms with van der Waals surface area (Å²) in [6.07, 6.45) is 1.86. The molecule has 30 heavy (non-hydrogen) atoms. The van der Waals surface area contributed by atoms with Crippen molar-refractivity contribution in [2.24, 2.45) is 0 Å². The SMILES string of the molecule is CCc1ncc(CN(CC(=O)O)C(=O)OCC2c3ccccc3-c3ccccc32)s1. The normalized spacial score (nSPS) is 12.3. The molecule has 0 bridgehead atoms. The third-order valence-corrected chi connectivity index (χ3v) is 6.30. The van der Waals surface area contributed by atoms with Crippen molar-refractivity contribution in [2.45, 2.75) is 25.8 Å². The number of hydrogen-bond acceptors (Lipinski definition) is 5. The number of benzene rings is 2. The maximum atomic E-state index is 12.8. The molecule has 0 unspecified atom stereocenters. The van der Waals surface area contributed by atoms with Crippen LogP contribution in [0.5, 0.6) is 0 Å². The number of carbonyl (C=O) groups excluding carboxylic acids is 1. The van der Waals surface area contributed by atoms with Crippen molar-refractivity contribution < 1.29 is 19.4 Å². The lowest BCUT2D eigenvalue weighted by atomic mass is 9.98. The highest BCUT2D eigenvalue weighted by Gasteiger charge is 2.30. The Morgan fingerprint density at radius 3 is 2.30 bits per heavy atom. The number of carbonyl (C=O) groups is 2. The molecule has 2 aromatic carbocycles. The van der Waals surface area contributed by atoms with E-state index in [1.807, 2.05) is 43.3 Å². The molecule has 1 aromatic heterocycles. The predicted molar refractivity (Wildman–Crippen MR) is 115 cm³/mol. The van der Waals surface area contributed by atoms with Crippen molar-refractivity contribution >= 4 is 23.4 Å². The Morgan fingerprint density at radius 2 is 1.73 bits per heavy atom. The summed E-state index contributed by atoms with van der Waals surface area (Å²) in [5, 5.41) is 10.2. The summed E-state index contributed by atoms with van der Waals surface area (Å²) in [5.74, 6) is -1.15. The second kappa shape index (κ2) is 8.67. The van der Waals surface area contributed by atoms with Gasteiger partial charge >= 0.3 is 12.1 Å². The summed E-state index contributed by atoms with van der Waals surface area (Å²) in [6, 6.07) is 16.2. The number of aliphatic carboxylic acids is 1. The summed E-state index contributed by atoms with van der Waals surface area (Å²) in [5.41, 5.74) is 4.53. The molecule has 1 aliphatic rings. The van der Waals surface area contributed by atoms with Crippen molar-refractivity contribution in [3.63, 3.8) is 0 Å². The standard InChI is InChI=1S/C23H22N2O4S/c1-2-21-24-11-15(30-21)12-25(13-22(26)27)23(28)29-14-20-18-9-5-3-7-16(18)17-8-4-6-10-19(17)20/h3-11,20H,2,12-14H2,1H3,(H,26,27). The van der Waals surface area contributed by atoms with Gasteiger partial charge in [-0.25, -0.2) is 9.78 Å². The first-order valence-electron chi connectivity index (χ1n) is 9.82. The van der Waals surface area contributed by atoms with Gasteiger partial charge in [0.1, 0.15) is 13.2 Å². The number of ether oxygens (including phenoxy) is 1. The highest BCUT2D eigenvalue weighted by atomic mass is 32.1. The van der Waals surface area contributed by atoms with Crippen molar-refractivity contribution in [3.05, 3.63) is 75.7 Å². The lowest BCUT2D eigenvalue weighted by molar-refractivity contribution is -0.138. The number of fused-ring (bicyclic) bond motifs is 3. The molecule has 1 aliphatic carbocycles. The van der Waals surface area contributed by atoms with E-state index in [1.165, 1.54) is 16.2 Å². The summed E-state index contributed by atoms with van der Waals surface area (Å²) < 4.78 is 5.62. The van der Waals surface area contributed by atoms with Gasteiger partial charge in [-0.3, -0.25) is 9.69 Å². The minimum atomic E-state index is -1.08. The van der Waals surface area contributed by atoms with Gasteiger partial charge in [0.15, 0.2) is 0 Å². The maximum Gasteiger partial charge on any atom is 0.410 e. The van der Waals surface area contributed by atoms with Crippen LogP contribution in [0, 0.1) is 0 Å². The molecule has 0 saturated carbocycles. The molecule has 4 rings (SSSR count). The topological polar surface area (TPSA) is 79.7 Å². The average Bonchev–Trinajstić information content (AvgIpc) is 3.33. The number of aromatic nitrogens is 1. The van der Waals surface area contributed by atoms with Crippen LogP contribution in [0.15, 0.2) is 54.7 Å². The smallest absolute Gasteiger partial charge is 0.410 e. The van der Waals surface area contributed by atoms with Crippen LogP contribution in [0.4, 0.5) is 4.79 Å². The van der Waals surface area contributed by atoms with Crippen LogP contribution in [-0.2, 0) is 22.5 Å². The van der Waals surface area contributed by atoms with Gasteiger partial charge in [0, 0.05) is 17.0 Å². The number of amides is 1. The van der Waals surface area contributed by atoms with Crippen LogP contribution in [0.3, 0.4) is 0 Å². The predicted octanol–water partition coefficient (Wildman–Crippen LogP) is 4.54. The Balaban J connectivity index is 1.50. The van der Waals surface area contributed by atoms with E-state index in [0.29, 0.717) is 0 Å². The Hall–Kier alpha value is -3.19. The Kier molecular flexibility index (Phi) is 5.81. The molecule has 7 heteroatoms. The zero-order valence-electron chi connectivity index (χ0n) is 16.6. The largest absolute Gasteiger partial charge is 0.480 e. The number of aryl methyl sites for hydroxylation is 1. The molecule has 0 spiro atoms. The van der Waals surface area contributed by atoms with Crippen molar-refractivity contribution in [2.75, 3.05) is 13.2 Å². The van der Waals surface area contributed by atoms with Crippen LogP contribution in [0.1, 0.15) is 33.9 Å². The van der Waals surface area contributed by atoms with Crippen LogP contribution >= 0.6 is 11.3 Å². The first kappa shape index (κ1) is 20.1. The van der Waals surface area contributed by atoms with Gasteiger partial charge in [-0.05, 0) is 28.7 Å². The quantitative estimate of drug-likeness (QED) is 0.605. The van der Waals surface area contributed by atoms with Gasteiger partial charge in [0.2, 0.25) is 0 Å². The van der Waals surface area contributed by atoms with Gasteiger partial charge < -0.3 is 9.84 Å². The second-order valence-corrected chi connectivity index (χ2v) is 8.33. The number of hydrogen-bond donors (Lipinski definition) is 1. The number of thiazole rings is 1. The first-order valence-corrected chi connectivity index (χ1v) is 10.6. The fraction of sp³-hybridized carbons (Fsp3) is 0.261.